The van der Waals surface area contributed by atoms with Crippen LogP contribution in [0.25, 0.3) is 11.3 Å². The van der Waals surface area contributed by atoms with Crippen molar-refractivity contribution in [3.05, 3.63) is 60.9 Å². The normalized spacial score (nSPS) is 13.3. The number of thioether (sulfide) groups is 1. The highest BCUT2D eigenvalue weighted by Crippen LogP contribution is 2.30. The van der Waals surface area contributed by atoms with E-state index in [2.05, 4.69) is 25.5 Å². The molecule has 1 aromatic heterocycles. The molecule has 29 heavy (non-hydrogen) atoms. The monoisotopic (exact) mass is 405 g/mol. The van der Waals surface area contributed by atoms with Crippen LogP contribution < -0.4 is 15.5 Å². The molecule has 4 rings (SSSR count). The molecular weight excluding hydrogens is 382 g/mol. The van der Waals surface area contributed by atoms with Crippen LogP contribution in [0, 0.1) is 0 Å². The summed E-state index contributed by atoms with van der Waals surface area (Å²) >= 11 is 1.67. The van der Waals surface area contributed by atoms with Crippen molar-refractivity contribution in [2.45, 2.75) is 17.7 Å². The number of nitrogens with one attached hydrogen (secondary N) is 2. The predicted molar refractivity (Wildman–Crippen MR) is 120 cm³/mol. The molecule has 148 valence electrons. The van der Waals surface area contributed by atoms with Crippen molar-refractivity contribution >= 4 is 35.0 Å². The Morgan fingerprint density at radius 1 is 0.966 bits per heavy atom. The first-order valence-corrected chi connectivity index (χ1v) is 10.8. The molecular formula is C22H23N5OS. The summed E-state index contributed by atoms with van der Waals surface area (Å²) in [6, 6.07) is 15.2. The van der Waals surface area contributed by atoms with Gasteiger partial charge < -0.3 is 15.5 Å². The maximum absolute atomic E-state index is 12.4. The number of aromatic nitrogens is 2. The third kappa shape index (κ3) is 4.68. The second-order valence-electron chi connectivity index (χ2n) is 6.81. The maximum atomic E-state index is 12.4. The van der Waals surface area contributed by atoms with Crippen molar-refractivity contribution < 1.29 is 4.79 Å². The zero-order chi connectivity index (χ0) is 20.1. The van der Waals surface area contributed by atoms with Crippen LogP contribution in [0.5, 0.6) is 0 Å². The van der Waals surface area contributed by atoms with E-state index >= 15 is 0 Å². The van der Waals surface area contributed by atoms with Gasteiger partial charge in [0, 0.05) is 47.3 Å². The van der Waals surface area contributed by atoms with E-state index in [9.17, 15) is 4.79 Å². The minimum atomic E-state index is -0.280. The molecule has 2 amide bonds. The SMILES string of the molecule is CSc1ccc(NC(=O)Nc2cccc(-c3nccnc3N3CCCC3)c2)cc1. The van der Waals surface area contributed by atoms with Crippen LogP contribution in [0.3, 0.4) is 0 Å². The van der Waals surface area contributed by atoms with Crippen LogP contribution in [0.2, 0.25) is 0 Å². The van der Waals surface area contributed by atoms with Crippen molar-refractivity contribution in [2.24, 2.45) is 0 Å². The number of amides is 2. The average Bonchev–Trinajstić information content (AvgIpc) is 3.29. The van der Waals surface area contributed by atoms with Gasteiger partial charge in [-0.3, -0.25) is 4.98 Å². The van der Waals surface area contributed by atoms with E-state index in [0.29, 0.717) is 5.69 Å². The smallest absolute Gasteiger partial charge is 0.323 e. The molecule has 0 atom stereocenters. The fraction of sp³-hybridized carbons (Fsp3) is 0.227. The largest absolute Gasteiger partial charge is 0.355 e. The molecule has 0 radical (unpaired) electrons. The summed E-state index contributed by atoms with van der Waals surface area (Å²) in [5.41, 5.74) is 3.23. The fourth-order valence-electron chi connectivity index (χ4n) is 3.41. The van der Waals surface area contributed by atoms with Crippen molar-refractivity contribution in [3.8, 4) is 11.3 Å². The number of carbonyl (C=O) groups is 1. The molecule has 0 saturated carbocycles. The number of anilines is 3. The molecule has 1 aliphatic rings. The summed E-state index contributed by atoms with van der Waals surface area (Å²) in [6.45, 7) is 2.00. The molecule has 0 spiro atoms. The van der Waals surface area contributed by atoms with E-state index in [-0.39, 0.29) is 6.03 Å². The zero-order valence-corrected chi connectivity index (χ0v) is 17.1. The van der Waals surface area contributed by atoms with Gasteiger partial charge in [0.15, 0.2) is 5.82 Å². The zero-order valence-electron chi connectivity index (χ0n) is 16.3. The number of benzene rings is 2. The number of urea groups is 1. The van der Waals surface area contributed by atoms with E-state index in [1.807, 2.05) is 54.8 Å². The fourth-order valence-corrected chi connectivity index (χ4v) is 3.81. The molecule has 1 fully saturated rings. The number of rotatable bonds is 5. The van der Waals surface area contributed by atoms with Crippen LogP contribution >= 0.6 is 11.8 Å². The van der Waals surface area contributed by atoms with Gasteiger partial charge in [-0.15, -0.1) is 11.8 Å². The third-order valence-electron chi connectivity index (χ3n) is 4.83. The standard InChI is InChI=1S/C22H23N5OS/c1-29-19-9-7-17(8-10-19)25-22(28)26-18-6-4-5-16(15-18)20-21(24-12-11-23-20)27-13-2-3-14-27/h4-12,15H,2-3,13-14H2,1H3,(H2,25,26,28). The summed E-state index contributed by atoms with van der Waals surface area (Å²) in [7, 11) is 0. The number of carbonyl (C=O) groups excluding carboxylic acids is 1. The van der Waals surface area contributed by atoms with Crippen LogP contribution in [-0.2, 0) is 0 Å². The quantitative estimate of drug-likeness (QED) is 0.577. The highest BCUT2D eigenvalue weighted by atomic mass is 32.2. The molecule has 1 aliphatic heterocycles. The Hall–Kier alpha value is -3.06. The van der Waals surface area contributed by atoms with Gasteiger partial charge in [0.1, 0.15) is 5.69 Å². The van der Waals surface area contributed by atoms with E-state index < -0.39 is 0 Å². The van der Waals surface area contributed by atoms with Gasteiger partial charge in [0.2, 0.25) is 0 Å². The number of nitrogens with zero attached hydrogens (tertiary/aromatic N) is 3. The lowest BCUT2D eigenvalue weighted by molar-refractivity contribution is 0.262. The molecule has 2 heterocycles. The molecule has 3 aromatic rings. The van der Waals surface area contributed by atoms with E-state index in [1.165, 1.54) is 12.8 Å². The first-order valence-electron chi connectivity index (χ1n) is 9.61. The molecule has 2 N–H and O–H groups in total. The van der Waals surface area contributed by atoms with Crippen LogP contribution in [0.15, 0.2) is 65.8 Å². The van der Waals surface area contributed by atoms with Gasteiger partial charge in [0.05, 0.1) is 0 Å². The lowest BCUT2D eigenvalue weighted by atomic mass is 10.1. The Morgan fingerprint density at radius 3 is 2.45 bits per heavy atom. The molecule has 1 saturated heterocycles. The van der Waals surface area contributed by atoms with Crippen LogP contribution in [0.1, 0.15) is 12.8 Å². The molecule has 0 unspecified atom stereocenters. The molecule has 2 aromatic carbocycles. The summed E-state index contributed by atoms with van der Waals surface area (Å²) < 4.78 is 0. The topological polar surface area (TPSA) is 70.1 Å². The first-order chi connectivity index (χ1) is 14.2. The Morgan fingerprint density at radius 2 is 1.69 bits per heavy atom. The molecule has 6 nitrogen and oxygen atoms in total. The molecule has 0 bridgehead atoms. The van der Waals surface area contributed by atoms with Crippen LogP contribution in [0.4, 0.5) is 22.0 Å². The Balaban J connectivity index is 1.49. The average molecular weight is 406 g/mol. The Kier molecular flexibility index (Phi) is 5.95. The summed E-state index contributed by atoms with van der Waals surface area (Å²) in [4.78, 5) is 24.9. The maximum Gasteiger partial charge on any atom is 0.323 e. The predicted octanol–water partition coefficient (Wildman–Crippen LogP) is 5.11. The molecule has 7 heteroatoms. The van der Waals surface area contributed by atoms with E-state index in [4.69, 9.17) is 0 Å². The summed E-state index contributed by atoms with van der Waals surface area (Å²) in [5.74, 6) is 0.903. The number of hydrogen-bond donors (Lipinski definition) is 2. The second kappa shape index (κ2) is 8.96. The van der Waals surface area contributed by atoms with Gasteiger partial charge >= 0.3 is 6.03 Å². The second-order valence-corrected chi connectivity index (χ2v) is 7.69. The van der Waals surface area contributed by atoms with Crippen molar-refractivity contribution in [1.29, 1.82) is 0 Å². The lowest BCUT2D eigenvalue weighted by Gasteiger charge is -2.19. The van der Waals surface area contributed by atoms with Crippen molar-refractivity contribution in [1.82, 2.24) is 9.97 Å². The van der Waals surface area contributed by atoms with E-state index in [0.717, 1.165) is 40.7 Å². The van der Waals surface area contributed by atoms with Gasteiger partial charge in [-0.05, 0) is 55.5 Å². The van der Waals surface area contributed by atoms with Crippen LogP contribution in [-0.4, -0.2) is 35.3 Å². The van der Waals surface area contributed by atoms with Crippen molar-refractivity contribution in [3.63, 3.8) is 0 Å². The summed E-state index contributed by atoms with van der Waals surface area (Å²) in [6.07, 6.45) is 7.81. The van der Waals surface area contributed by atoms with Crippen molar-refractivity contribution in [2.75, 3.05) is 34.9 Å². The Labute approximate surface area is 174 Å². The highest BCUT2D eigenvalue weighted by Gasteiger charge is 2.19. The first kappa shape index (κ1) is 19.3. The van der Waals surface area contributed by atoms with E-state index in [1.54, 1.807) is 24.2 Å². The number of hydrogen-bond acceptors (Lipinski definition) is 5. The third-order valence-corrected chi connectivity index (χ3v) is 5.57. The van der Waals surface area contributed by atoms with Gasteiger partial charge in [0.25, 0.3) is 0 Å². The molecule has 0 aliphatic carbocycles. The van der Waals surface area contributed by atoms with Gasteiger partial charge in [-0.25, -0.2) is 9.78 Å². The van der Waals surface area contributed by atoms with Gasteiger partial charge in [-0.1, -0.05) is 12.1 Å². The lowest BCUT2D eigenvalue weighted by Crippen LogP contribution is -2.20. The summed E-state index contributed by atoms with van der Waals surface area (Å²) in [5, 5.41) is 5.76. The van der Waals surface area contributed by atoms with Gasteiger partial charge in [-0.2, -0.15) is 0 Å². The highest BCUT2D eigenvalue weighted by molar-refractivity contribution is 7.98. The minimum absolute atomic E-state index is 0.280. The Bertz CT molecular complexity index is 987. The minimum Gasteiger partial charge on any atom is -0.355 e.